The van der Waals surface area contributed by atoms with Crippen LogP contribution in [0.1, 0.15) is 12.5 Å². The maximum atomic E-state index is 12.7. The molecular formula is C17H23ClN4O2. The van der Waals surface area contributed by atoms with Crippen LogP contribution in [0.5, 0.6) is 0 Å². The number of likely N-dealkylation sites (N-methyl/N-ethyl adjacent to an activating group) is 1. The van der Waals surface area contributed by atoms with E-state index >= 15 is 0 Å². The number of hydrogen-bond acceptors (Lipinski definition) is 4. The third-order valence-corrected chi connectivity index (χ3v) is 4.78. The quantitative estimate of drug-likeness (QED) is 0.849. The lowest BCUT2D eigenvalue weighted by atomic mass is 10.1. The molecule has 0 aliphatic carbocycles. The van der Waals surface area contributed by atoms with Gasteiger partial charge in [0.25, 0.3) is 0 Å². The van der Waals surface area contributed by atoms with Crippen molar-refractivity contribution in [1.29, 1.82) is 0 Å². The monoisotopic (exact) mass is 350 g/mol. The second-order valence-corrected chi connectivity index (χ2v) is 6.69. The lowest BCUT2D eigenvalue weighted by Crippen LogP contribution is -2.54. The first-order valence-electron chi connectivity index (χ1n) is 8.39. The molecule has 0 radical (unpaired) electrons. The Morgan fingerprint density at radius 2 is 2.04 bits per heavy atom. The summed E-state index contributed by atoms with van der Waals surface area (Å²) in [4.78, 5) is 28.3. The van der Waals surface area contributed by atoms with Gasteiger partial charge >= 0.3 is 0 Å². The highest BCUT2D eigenvalue weighted by molar-refractivity contribution is 6.30. The number of rotatable bonds is 4. The highest BCUT2D eigenvalue weighted by Gasteiger charge is 2.32. The van der Waals surface area contributed by atoms with Crippen molar-refractivity contribution < 1.29 is 9.59 Å². The Balaban J connectivity index is 1.50. The number of anilines is 1. The van der Waals surface area contributed by atoms with E-state index < -0.39 is 0 Å². The number of carbonyl (C=O) groups excluding carboxylic acids is 2. The van der Waals surface area contributed by atoms with Crippen molar-refractivity contribution in [2.75, 3.05) is 44.6 Å². The third-order valence-electron chi connectivity index (χ3n) is 4.54. The molecule has 6 nitrogen and oxygen atoms in total. The van der Waals surface area contributed by atoms with Crippen molar-refractivity contribution in [3.63, 3.8) is 0 Å². The molecular weight excluding hydrogens is 328 g/mol. The zero-order chi connectivity index (χ0) is 17.1. The molecule has 1 saturated heterocycles. The topological polar surface area (TPSA) is 64.7 Å². The Kier molecular flexibility index (Phi) is 5.26. The Morgan fingerprint density at radius 3 is 2.75 bits per heavy atom. The summed E-state index contributed by atoms with van der Waals surface area (Å²) in [5.41, 5.74) is 2.09. The highest BCUT2D eigenvalue weighted by Crippen LogP contribution is 2.29. The molecule has 0 spiro atoms. The highest BCUT2D eigenvalue weighted by atomic mass is 35.5. The summed E-state index contributed by atoms with van der Waals surface area (Å²) in [6.45, 7) is 5.74. The van der Waals surface area contributed by atoms with E-state index in [1.807, 2.05) is 30.0 Å². The minimum atomic E-state index is -0.214. The summed E-state index contributed by atoms with van der Waals surface area (Å²) in [6, 6.07) is 5.46. The summed E-state index contributed by atoms with van der Waals surface area (Å²) in [7, 11) is 0. The number of carbonyl (C=O) groups is 2. The van der Waals surface area contributed by atoms with Gasteiger partial charge in [-0.25, -0.2) is 0 Å². The molecule has 1 fully saturated rings. The molecule has 2 aliphatic rings. The van der Waals surface area contributed by atoms with Crippen LogP contribution in [0.3, 0.4) is 0 Å². The fourth-order valence-electron chi connectivity index (χ4n) is 3.28. The predicted octanol–water partition coefficient (Wildman–Crippen LogP) is 0.957. The molecule has 0 aromatic heterocycles. The van der Waals surface area contributed by atoms with Gasteiger partial charge in [0, 0.05) is 49.9 Å². The summed E-state index contributed by atoms with van der Waals surface area (Å²) >= 11 is 6.02. The summed E-state index contributed by atoms with van der Waals surface area (Å²) < 4.78 is 0. The van der Waals surface area contributed by atoms with E-state index in [-0.39, 0.29) is 17.9 Å². The van der Waals surface area contributed by atoms with E-state index in [1.165, 1.54) is 0 Å². The molecule has 1 unspecified atom stereocenters. The molecule has 3 rings (SSSR count). The van der Waals surface area contributed by atoms with E-state index in [2.05, 4.69) is 15.5 Å². The first kappa shape index (κ1) is 17.0. The predicted molar refractivity (Wildman–Crippen MR) is 94.3 cm³/mol. The second-order valence-electron chi connectivity index (χ2n) is 6.26. The molecule has 130 valence electrons. The fourth-order valence-corrected chi connectivity index (χ4v) is 3.48. The van der Waals surface area contributed by atoms with Gasteiger partial charge in [-0.05, 0) is 30.7 Å². The van der Waals surface area contributed by atoms with Crippen LogP contribution in [-0.2, 0) is 16.0 Å². The first-order chi connectivity index (χ1) is 11.6. The van der Waals surface area contributed by atoms with Gasteiger partial charge in [0.1, 0.15) is 6.04 Å². The molecule has 2 heterocycles. The molecule has 0 bridgehead atoms. The maximum absolute atomic E-state index is 12.7. The normalized spacial score (nSPS) is 20.4. The first-order valence-corrected chi connectivity index (χ1v) is 8.77. The number of nitrogens with zero attached hydrogens (tertiary/aromatic N) is 2. The lowest BCUT2D eigenvalue weighted by Gasteiger charge is -2.35. The Hall–Kier alpha value is -1.79. The summed E-state index contributed by atoms with van der Waals surface area (Å²) in [5, 5.41) is 6.79. The van der Waals surface area contributed by atoms with Gasteiger partial charge in [0.2, 0.25) is 11.8 Å². The second kappa shape index (κ2) is 7.40. The fraction of sp³-hybridized carbons (Fsp3) is 0.529. The minimum Gasteiger partial charge on any atom is -0.373 e. The van der Waals surface area contributed by atoms with Gasteiger partial charge in [-0.15, -0.1) is 0 Å². The molecule has 2 aliphatic heterocycles. The molecule has 24 heavy (non-hydrogen) atoms. The Morgan fingerprint density at radius 1 is 1.29 bits per heavy atom. The third kappa shape index (κ3) is 3.82. The molecule has 7 heteroatoms. The molecule has 1 aromatic rings. The number of hydrogen-bond donors (Lipinski definition) is 2. The van der Waals surface area contributed by atoms with E-state index in [0.29, 0.717) is 37.6 Å². The van der Waals surface area contributed by atoms with Crippen molar-refractivity contribution in [2.45, 2.75) is 19.4 Å². The number of piperazine rings is 1. The van der Waals surface area contributed by atoms with Crippen LogP contribution in [0.4, 0.5) is 5.69 Å². The number of halogens is 1. The van der Waals surface area contributed by atoms with E-state index in [1.54, 1.807) is 0 Å². The van der Waals surface area contributed by atoms with Crippen LogP contribution in [-0.4, -0.2) is 66.9 Å². The van der Waals surface area contributed by atoms with Crippen molar-refractivity contribution in [1.82, 2.24) is 15.1 Å². The summed E-state index contributed by atoms with van der Waals surface area (Å²) in [6.07, 6.45) is 0.674. The minimum absolute atomic E-state index is 0.0436. The van der Waals surface area contributed by atoms with Gasteiger partial charge in [-0.2, -0.15) is 0 Å². The standard InChI is InChI=1S/C17H23ClN4O2/c1-2-19-16(23)11-21-5-7-22(8-6-21)17(24)15-10-12-9-13(18)3-4-14(12)20-15/h3-4,9,15,20H,2,5-8,10-11H2,1H3,(H,19,23). The zero-order valence-corrected chi connectivity index (χ0v) is 14.6. The van der Waals surface area contributed by atoms with Gasteiger partial charge in [-0.1, -0.05) is 11.6 Å². The van der Waals surface area contributed by atoms with Crippen molar-refractivity contribution in [3.8, 4) is 0 Å². The average Bonchev–Trinajstić information content (AvgIpc) is 2.98. The molecule has 0 saturated carbocycles. The van der Waals surface area contributed by atoms with Crippen LogP contribution >= 0.6 is 11.6 Å². The molecule has 1 aromatic carbocycles. The van der Waals surface area contributed by atoms with Gasteiger partial charge in [0.05, 0.1) is 6.54 Å². The summed E-state index contributed by atoms with van der Waals surface area (Å²) in [5.74, 6) is 0.169. The van der Waals surface area contributed by atoms with Crippen LogP contribution in [0.25, 0.3) is 0 Å². The molecule has 2 amide bonds. The Bertz CT molecular complexity index is 629. The number of amides is 2. The van der Waals surface area contributed by atoms with E-state index in [0.717, 1.165) is 24.3 Å². The number of nitrogens with one attached hydrogen (secondary N) is 2. The van der Waals surface area contributed by atoms with Crippen molar-refractivity contribution in [3.05, 3.63) is 28.8 Å². The van der Waals surface area contributed by atoms with E-state index in [9.17, 15) is 9.59 Å². The van der Waals surface area contributed by atoms with Crippen LogP contribution in [0.2, 0.25) is 5.02 Å². The van der Waals surface area contributed by atoms with Gasteiger partial charge < -0.3 is 15.5 Å². The zero-order valence-electron chi connectivity index (χ0n) is 13.8. The van der Waals surface area contributed by atoms with Crippen molar-refractivity contribution in [2.24, 2.45) is 0 Å². The molecule has 1 atom stereocenters. The SMILES string of the molecule is CCNC(=O)CN1CCN(C(=O)C2Cc3cc(Cl)ccc3N2)CC1. The van der Waals surface area contributed by atoms with Crippen LogP contribution < -0.4 is 10.6 Å². The largest absolute Gasteiger partial charge is 0.373 e. The van der Waals surface area contributed by atoms with Crippen molar-refractivity contribution >= 4 is 29.1 Å². The maximum Gasteiger partial charge on any atom is 0.245 e. The van der Waals surface area contributed by atoms with Crippen LogP contribution in [0.15, 0.2) is 18.2 Å². The van der Waals surface area contributed by atoms with Gasteiger partial charge in [0.15, 0.2) is 0 Å². The average molecular weight is 351 g/mol. The number of fused-ring (bicyclic) bond motifs is 1. The smallest absolute Gasteiger partial charge is 0.245 e. The van der Waals surface area contributed by atoms with Crippen LogP contribution in [0, 0.1) is 0 Å². The lowest BCUT2D eigenvalue weighted by molar-refractivity contribution is -0.133. The Labute approximate surface area is 147 Å². The molecule has 2 N–H and O–H groups in total. The van der Waals surface area contributed by atoms with Gasteiger partial charge in [-0.3, -0.25) is 14.5 Å². The number of benzene rings is 1. The van der Waals surface area contributed by atoms with E-state index in [4.69, 9.17) is 11.6 Å².